The normalized spacial score (nSPS) is 21.2. The molecule has 146 valence electrons. The number of para-hydroxylation sites is 2. The lowest BCUT2D eigenvalue weighted by Gasteiger charge is -2.45. The van der Waals surface area contributed by atoms with Crippen molar-refractivity contribution in [1.29, 1.82) is 0 Å². The first-order valence-electron chi connectivity index (χ1n) is 10.1. The number of phenolic OH excluding ortho intramolecular Hbond substituents is 1. The molecule has 2 N–H and O–H groups in total. The van der Waals surface area contributed by atoms with E-state index in [9.17, 15) is 9.90 Å². The number of carbonyl (C=O) groups is 1. The Bertz CT molecular complexity index is 1010. The third kappa shape index (κ3) is 3.15. The Hall–Kier alpha value is -3.27. The van der Waals surface area contributed by atoms with E-state index >= 15 is 0 Å². The van der Waals surface area contributed by atoms with E-state index < -0.39 is 0 Å². The highest BCUT2D eigenvalue weighted by atomic mass is 16.5. The van der Waals surface area contributed by atoms with Crippen molar-refractivity contribution in [1.82, 2.24) is 5.32 Å². The number of rotatable bonds is 5. The molecule has 0 aromatic heterocycles. The summed E-state index contributed by atoms with van der Waals surface area (Å²) in [5, 5.41) is 12.8. The molecule has 0 saturated carbocycles. The van der Waals surface area contributed by atoms with E-state index in [0.29, 0.717) is 30.0 Å². The lowest BCUT2D eigenvalue weighted by atomic mass is 9.59. The van der Waals surface area contributed by atoms with Crippen molar-refractivity contribution < 1.29 is 14.6 Å². The molecule has 0 spiro atoms. The molecule has 0 radical (unpaired) electrons. The number of carbonyl (C=O) groups excluding carboxylic acids is 1. The van der Waals surface area contributed by atoms with Crippen LogP contribution in [0, 0.1) is 5.92 Å². The smallest absolute Gasteiger partial charge is 0.257 e. The summed E-state index contributed by atoms with van der Waals surface area (Å²) >= 11 is 0. The number of benzene rings is 3. The van der Waals surface area contributed by atoms with Crippen LogP contribution in [0.15, 0.2) is 72.8 Å². The number of phenols is 1. The van der Waals surface area contributed by atoms with Crippen LogP contribution in [0.1, 0.15) is 40.5 Å². The minimum Gasteiger partial charge on any atom is -0.504 e. The molecule has 29 heavy (non-hydrogen) atoms. The Balaban J connectivity index is 1.29. The van der Waals surface area contributed by atoms with Crippen LogP contribution in [0.25, 0.3) is 0 Å². The Morgan fingerprint density at radius 1 is 0.897 bits per heavy atom. The predicted octanol–water partition coefficient (Wildman–Crippen LogP) is 4.18. The van der Waals surface area contributed by atoms with Crippen molar-refractivity contribution in [2.24, 2.45) is 5.92 Å². The molecule has 2 bridgehead atoms. The van der Waals surface area contributed by atoms with Crippen LogP contribution in [0.2, 0.25) is 0 Å². The lowest BCUT2D eigenvalue weighted by molar-refractivity contribution is -0.123. The van der Waals surface area contributed by atoms with Crippen LogP contribution in [0.5, 0.6) is 11.5 Å². The third-order valence-corrected chi connectivity index (χ3v) is 6.21. The summed E-state index contributed by atoms with van der Waals surface area (Å²) in [6.07, 6.45) is 1.04. The maximum absolute atomic E-state index is 12.3. The zero-order valence-corrected chi connectivity index (χ0v) is 16.0. The van der Waals surface area contributed by atoms with Crippen molar-refractivity contribution in [3.63, 3.8) is 0 Å². The number of fused-ring (bicyclic) bond motifs is 1. The zero-order valence-electron chi connectivity index (χ0n) is 16.0. The third-order valence-electron chi connectivity index (χ3n) is 6.21. The van der Waals surface area contributed by atoms with Gasteiger partial charge in [0.05, 0.1) is 0 Å². The lowest BCUT2D eigenvalue weighted by Crippen LogP contribution is -2.40. The van der Waals surface area contributed by atoms with Gasteiger partial charge in [0, 0.05) is 18.4 Å². The fourth-order valence-electron chi connectivity index (χ4n) is 4.98. The van der Waals surface area contributed by atoms with Gasteiger partial charge in [-0.15, -0.1) is 0 Å². The topological polar surface area (TPSA) is 58.6 Å². The monoisotopic (exact) mass is 385 g/mol. The molecule has 3 aromatic rings. The molecule has 0 aliphatic heterocycles. The van der Waals surface area contributed by atoms with E-state index in [4.69, 9.17) is 4.74 Å². The van der Waals surface area contributed by atoms with Crippen LogP contribution in [-0.4, -0.2) is 24.2 Å². The summed E-state index contributed by atoms with van der Waals surface area (Å²) in [6.45, 7) is 0.512. The summed E-state index contributed by atoms with van der Waals surface area (Å²) < 4.78 is 5.45. The van der Waals surface area contributed by atoms with Gasteiger partial charge in [-0.3, -0.25) is 4.79 Å². The van der Waals surface area contributed by atoms with E-state index in [0.717, 1.165) is 6.42 Å². The first-order chi connectivity index (χ1) is 14.2. The van der Waals surface area contributed by atoms with Gasteiger partial charge in [0.25, 0.3) is 5.91 Å². The van der Waals surface area contributed by atoms with Crippen LogP contribution in [0.3, 0.4) is 0 Å². The van der Waals surface area contributed by atoms with Crippen molar-refractivity contribution in [3.05, 3.63) is 95.1 Å². The molecule has 4 nitrogen and oxygen atoms in total. The number of ether oxygens (including phenoxy) is 1. The Morgan fingerprint density at radius 3 is 2.14 bits per heavy atom. The molecule has 3 aromatic carbocycles. The molecule has 4 heteroatoms. The van der Waals surface area contributed by atoms with Gasteiger partial charge in [0.2, 0.25) is 0 Å². The first kappa shape index (κ1) is 17.8. The van der Waals surface area contributed by atoms with Gasteiger partial charge in [-0.1, -0.05) is 60.7 Å². The van der Waals surface area contributed by atoms with E-state index in [1.54, 1.807) is 24.3 Å². The Morgan fingerprint density at radius 2 is 1.48 bits per heavy atom. The standard InChI is InChI=1S/C25H23NO3/c27-22-11-5-6-12-23(22)29-15-24(28)26-14-16-13-21-17-7-1-3-9-19(17)25(16)20-10-4-2-8-18(20)21/h1-12,16,21,25,27H,13-15H2,(H,26,28). The van der Waals surface area contributed by atoms with Gasteiger partial charge < -0.3 is 15.2 Å². The summed E-state index contributed by atoms with van der Waals surface area (Å²) in [6, 6.07) is 24.1. The Kier molecular flexibility index (Phi) is 4.47. The first-order valence-corrected chi connectivity index (χ1v) is 10.1. The van der Waals surface area contributed by atoms with Crippen LogP contribution in [-0.2, 0) is 4.79 Å². The van der Waals surface area contributed by atoms with Crippen molar-refractivity contribution >= 4 is 5.91 Å². The summed E-state index contributed by atoms with van der Waals surface area (Å²) in [5.41, 5.74) is 5.66. The minimum absolute atomic E-state index is 0.0399. The van der Waals surface area contributed by atoms with Gasteiger partial charge in [-0.05, 0) is 46.7 Å². The molecule has 3 aliphatic rings. The van der Waals surface area contributed by atoms with Crippen molar-refractivity contribution in [2.75, 3.05) is 13.2 Å². The van der Waals surface area contributed by atoms with Gasteiger partial charge >= 0.3 is 0 Å². The van der Waals surface area contributed by atoms with Crippen LogP contribution < -0.4 is 10.1 Å². The van der Waals surface area contributed by atoms with E-state index in [1.807, 2.05) is 0 Å². The Labute approximate surface area is 170 Å². The molecule has 0 saturated heterocycles. The molecule has 0 heterocycles. The highest BCUT2D eigenvalue weighted by molar-refractivity contribution is 5.77. The molecular formula is C25H23NO3. The van der Waals surface area contributed by atoms with E-state index in [-0.39, 0.29) is 18.3 Å². The minimum atomic E-state index is -0.170. The predicted molar refractivity (Wildman–Crippen MR) is 111 cm³/mol. The number of nitrogens with one attached hydrogen (secondary N) is 1. The number of amides is 1. The second kappa shape index (κ2) is 7.28. The molecule has 1 atom stereocenters. The maximum Gasteiger partial charge on any atom is 0.257 e. The number of hydrogen-bond acceptors (Lipinski definition) is 3. The zero-order chi connectivity index (χ0) is 19.8. The van der Waals surface area contributed by atoms with Gasteiger partial charge in [0.15, 0.2) is 18.1 Å². The molecule has 3 aliphatic carbocycles. The maximum atomic E-state index is 12.3. The second-order valence-electron chi connectivity index (χ2n) is 7.84. The fraction of sp³-hybridized carbons (Fsp3) is 0.240. The van der Waals surface area contributed by atoms with Crippen molar-refractivity contribution in [3.8, 4) is 11.5 Å². The molecule has 6 rings (SSSR count). The average Bonchev–Trinajstić information content (AvgIpc) is 2.77. The van der Waals surface area contributed by atoms with Crippen LogP contribution in [0.4, 0.5) is 0 Å². The SMILES string of the molecule is O=C(COc1ccccc1O)NCC1CC2c3ccccc3C1c1ccccc12. The van der Waals surface area contributed by atoms with Gasteiger partial charge in [-0.25, -0.2) is 0 Å². The van der Waals surface area contributed by atoms with Crippen molar-refractivity contribution in [2.45, 2.75) is 18.3 Å². The second-order valence-corrected chi connectivity index (χ2v) is 7.84. The van der Waals surface area contributed by atoms with E-state index in [1.165, 1.54) is 22.3 Å². The summed E-state index contributed by atoms with van der Waals surface area (Å²) in [7, 11) is 0. The molecule has 1 amide bonds. The molecule has 0 fully saturated rings. The summed E-state index contributed by atoms with van der Waals surface area (Å²) in [4.78, 5) is 12.3. The quantitative estimate of drug-likeness (QED) is 0.693. The van der Waals surface area contributed by atoms with Crippen LogP contribution >= 0.6 is 0 Å². The number of aromatic hydroxyl groups is 1. The highest BCUT2D eigenvalue weighted by Crippen LogP contribution is 2.55. The number of hydrogen-bond donors (Lipinski definition) is 2. The average molecular weight is 385 g/mol. The molecule has 1 unspecified atom stereocenters. The fourth-order valence-corrected chi connectivity index (χ4v) is 4.98. The van der Waals surface area contributed by atoms with Gasteiger partial charge in [-0.2, -0.15) is 0 Å². The van der Waals surface area contributed by atoms with E-state index in [2.05, 4.69) is 53.8 Å². The summed E-state index contributed by atoms with van der Waals surface area (Å²) in [5.74, 6) is 1.26. The molecular weight excluding hydrogens is 362 g/mol. The highest BCUT2D eigenvalue weighted by Gasteiger charge is 2.42. The van der Waals surface area contributed by atoms with Gasteiger partial charge in [0.1, 0.15) is 0 Å². The largest absolute Gasteiger partial charge is 0.504 e.